The molecule has 0 saturated carbocycles. The van der Waals surface area contributed by atoms with Gasteiger partial charge < -0.3 is 10.1 Å². The van der Waals surface area contributed by atoms with Crippen LogP contribution in [0.1, 0.15) is 12.8 Å². The van der Waals surface area contributed by atoms with Crippen molar-refractivity contribution in [3.05, 3.63) is 33.1 Å². The Morgan fingerprint density at radius 2 is 2.37 bits per heavy atom. The van der Waals surface area contributed by atoms with Gasteiger partial charge in [0.2, 0.25) is 0 Å². The Balaban J connectivity index is 2.09. The third-order valence-electron chi connectivity index (χ3n) is 3.07. The normalized spacial score (nSPS) is 19.2. The summed E-state index contributed by atoms with van der Waals surface area (Å²) in [6.45, 7) is 1.94. The fourth-order valence-electron chi connectivity index (χ4n) is 2.05. The molecule has 1 atom stereocenters. The van der Waals surface area contributed by atoms with E-state index in [1.165, 1.54) is 6.07 Å². The van der Waals surface area contributed by atoms with Crippen molar-refractivity contribution in [2.24, 2.45) is 5.92 Å². The minimum atomic E-state index is -0.792. The molecule has 1 saturated heterocycles. The van der Waals surface area contributed by atoms with Gasteiger partial charge in [0.05, 0.1) is 22.6 Å². The first-order valence-electron chi connectivity index (χ1n) is 6.03. The standard InChI is InChI=1S/C12H14ClFN2O3/c13-9-4-11(12(16(17)18)5-10(9)14)15-6-8-2-1-3-19-7-8/h4-5,8,15H,1-3,6-7H2. The van der Waals surface area contributed by atoms with Crippen LogP contribution < -0.4 is 5.32 Å². The van der Waals surface area contributed by atoms with Crippen molar-refractivity contribution in [2.75, 3.05) is 25.1 Å². The maximum absolute atomic E-state index is 13.2. The van der Waals surface area contributed by atoms with Gasteiger partial charge in [-0.05, 0) is 24.8 Å². The van der Waals surface area contributed by atoms with E-state index in [0.29, 0.717) is 19.1 Å². The number of nitro groups is 1. The lowest BCUT2D eigenvalue weighted by molar-refractivity contribution is -0.384. The van der Waals surface area contributed by atoms with Crippen molar-refractivity contribution in [1.82, 2.24) is 0 Å². The Morgan fingerprint density at radius 3 is 3.00 bits per heavy atom. The molecule has 0 spiro atoms. The summed E-state index contributed by atoms with van der Waals surface area (Å²) in [7, 11) is 0. The van der Waals surface area contributed by atoms with Gasteiger partial charge in [-0.2, -0.15) is 0 Å². The minimum Gasteiger partial charge on any atom is -0.381 e. The van der Waals surface area contributed by atoms with E-state index in [9.17, 15) is 14.5 Å². The first-order valence-corrected chi connectivity index (χ1v) is 6.41. The van der Waals surface area contributed by atoms with Gasteiger partial charge in [-0.15, -0.1) is 0 Å². The number of nitrogens with zero attached hydrogens (tertiary/aromatic N) is 1. The second-order valence-corrected chi connectivity index (χ2v) is 4.91. The molecule has 1 aromatic carbocycles. The fraction of sp³-hybridized carbons (Fsp3) is 0.500. The van der Waals surface area contributed by atoms with Gasteiger partial charge in [0.25, 0.3) is 5.69 Å². The van der Waals surface area contributed by atoms with Crippen molar-refractivity contribution in [2.45, 2.75) is 12.8 Å². The van der Waals surface area contributed by atoms with Crippen LogP contribution in [-0.2, 0) is 4.74 Å². The van der Waals surface area contributed by atoms with E-state index in [1.54, 1.807) is 0 Å². The highest BCUT2D eigenvalue weighted by atomic mass is 35.5. The molecule has 5 nitrogen and oxygen atoms in total. The molecule has 1 aromatic rings. The van der Waals surface area contributed by atoms with Crippen molar-refractivity contribution in [3.8, 4) is 0 Å². The SMILES string of the molecule is O=[N+]([O-])c1cc(F)c(Cl)cc1NCC1CCCOC1. The Labute approximate surface area is 114 Å². The Hall–Kier alpha value is -1.40. The quantitative estimate of drug-likeness (QED) is 0.682. The molecule has 2 rings (SSSR count). The van der Waals surface area contributed by atoms with Crippen molar-refractivity contribution in [1.29, 1.82) is 0 Å². The molecule has 0 aliphatic carbocycles. The zero-order chi connectivity index (χ0) is 13.8. The number of rotatable bonds is 4. The molecule has 1 heterocycles. The van der Waals surface area contributed by atoms with Gasteiger partial charge in [0.1, 0.15) is 11.5 Å². The van der Waals surface area contributed by atoms with Crippen LogP contribution in [0.25, 0.3) is 0 Å². The van der Waals surface area contributed by atoms with Crippen LogP contribution in [0.4, 0.5) is 15.8 Å². The number of hydrogen-bond acceptors (Lipinski definition) is 4. The second-order valence-electron chi connectivity index (χ2n) is 4.50. The molecule has 1 aliphatic rings. The molecule has 1 N–H and O–H groups in total. The summed E-state index contributed by atoms with van der Waals surface area (Å²) < 4.78 is 18.6. The summed E-state index contributed by atoms with van der Waals surface area (Å²) in [5.74, 6) is -0.489. The number of hydrogen-bond donors (Lipinski definition) is 1. The highest BCUT2D eigenvalue weighted by molar-refractivity contribution is 6.31. The van der Waals surface area contributed by atoms with E-state index < -0.39 is 10.7 Å². The molecular formula is C12H14ClFN2O3. The van der Waals surface area contributed by atoms with Crippen molar-refractivity contribution in [3.63, 3.8) is 0 Å². The molecule has 1 unspecified atom stereocenters. The molecule has 19 heavy (non-hydrogen) atoms. The third kappa shape index (κ3) is 3.54. The van der Waals surface area contributed by atoms with E-state index in [1.807, 2.05) is 0 Å². The summed E-state index contributed by atoms with van der Waals surface area (Å²) in [6, 6.07) is 2.08. The summed E-state index contributed by atoms with van der Waals surface area (Å²) in [6.07, 6.45) is 1.99. The smallest absolute Gasteiger partial charge is 0.295 e. The number of nitrogens with one attached hydrogen (secondary N) is 1. The maximum Gasteiger partial charge on any atom is 0.295 e. The molecule has 1 fully saturated rings. The first kappa shape index (κ1) is 14.0. The van der Waals surface area contributed by atoms with E-state index in [-0.39, 0.29) is 16.4 Å². The third-order valence-corrected chi connectivity index (χ3v) is 3.36. The van der Waals surface area contributed by atoms with Gasteiger partial charge in [0.15, 0.2) is 0 Å². The lowest BCUT2D eigenvalue weighted by atomic mass is 10.0. The molecule has 7 heteroatoms. The van der Waals surface area contributed by atoms with Crippen LogP contribution in [0, 0.1) is 21.8 Å². The number of ether oxygens (including phenoxy) is 1. The summed E-state index contributed by atoms with van der Waals surface area (Å²) >= 11 is 5.65. The van der Waals surface area contributed by atoms with E-state index in [0.717, 1.165) is 25.5 Å². The molecular weight excluding hydrogens is 275 g/mol. The van der Waals surface area contributed by atoms with Crippen LogP contribution in [0.2, 0.25) is 5.02 Å². The molecule has 1 aliphatic heterocycles. The van der Waals surface area contributed by atoms with Crippen LogP contribution in [0.3, 0.4) is 0 Å². The van der Waals surface area contributed by atoms with Gasteiger partial charge in [-0.3, -0.25) is 10.1 Å². The maximum atomic E-state index is 13.2. The van der Waals surface area contributed by atoms with E-state index in [4.69, 9.17) is 16.3 Å². The molecule has 0 aromatic heterocycles. The van der Waals surface area contributed by atoms with Crippen LogP contribution >= 0.6 is 11.6 Å². The zero-order valence-electron chi connectivity index (χ0n) is 10.2. The number of anilines is 1. The van der Waals surface area contributed by atoms with Gasteiger partial charge in [-0.25, -0.2) is 4.39 Å². The highest BCUT2D eigenvalue weighted by Crippen LogP contribution is 2.30. The van der Waals surface area contributed by atoms with Crippen molar-refractivity contribution < 1.29 is 14.1 Å². The summed E-state index contributed by atoms with van der Waals surface area (Å²) in [5.41, 5.74) is -0.0689. The highest BCUT2D eigenvalue weighted by Gasteiger charge is 2.20. The zero-order valence-corrected chi connectivity index (χ0v) is 11.0. The predicted octanol–water partition coefficient (Wildman–Crippen LogP) is 3.23. The Bertz CT molecular complexity index is 478. The predicted molar refractivity (Wildman–Crippen MR) is 70.1 cm³/mol. The average molecular weight is 289 g/mol. The fourth-order valence-corrected chi connectivity index (χ4v) is 2.22. The number of halogens is 2. The lowest BCUT2D eigenvalue weighted by Crippen LogP contribution is -2.24. The summed E-state index contributed by atoms with van der Waals surface area (Å²) in [4.78, 5) is 10.2. The number of benzene rings is 1. The van der Waals surface area contributed by atoms with Crippen LogP contribution in [-0.4, -0.2) is 24.7 Å². The lowest BCUT2D eigenvalue weighted by Gasteiger charge is -2.22. The molecule has 0 bridgehead atoms. The van der Waals surface area contributed by atoms with Gasteiger partial charge in [-0.1, -0.05) is 11.6 Å². The largest absolute Gasteiger partial charge is 0.381 e. The summed E-state index contributed by atoms with van der Waals surface area (Å²) in [5, 5.41) is 13.7. The minimum absolute atomic E-state index is 0.131. The van der Waals surface area contributed by atoms with Gasteiger partial charge >= 0.3 is 0 Å². The van der Waals surface area contributed by atoms with Crippen LogP contribution in [0.5, 0.6) is 0 Å². The van der Waals surface area contributed by atoms with Crippen LogP contribution in [0.15, 0.2) is 12.1 Å². The Kier molecular flexibility index (Phi) is 4.55. The Morgan fingerprint density at radius 1 is 1.58 bits per heavy atom. The van der Waals surface area contributed by atoms with E-state index in [2.05, 4.69) is 5.32 Å². The molecule has 0 radical (unpaired) electrons. The number of nitro benzene ring substituents is 1. The van der Waals surface area contributed by atoms with Crippen molar-refractivity contribution >= 4 is 23.0 Å². The first-order chi connectivity index (χ1) is 9.08. The van der Waals surface area contributed by atoms with Gasteiger partial charge in [0, 0.05) is 13.2 Å². The molecule has 104 valence electrons. The molecule has 0 amide bonds. The average Bonchev–Trinajstić information content (AvgIpc) is 2.40. The monoisotopic (exact) mass is 288 g/mol. The topological polar surface area (TPSA) is 64.4 Å². The second kappa shape index (κ2) is 6.16. The van der Waals surface area contributed by atoms with E-state index >= 15 is 0 Å².